The van der Waals surface area contributed by atoms with E-state index in [1.165, 1.54) is 4.88 Å². The first kappa shape index (κ1) is 5.13. The van der Waals surface area contributed by atoms with Crippen molar-refractivity contribution in [1.82, 2.24) is 0 Å². The van der Waals surface area contributed by atoms with Crippen LogP contribution in [0.3, 0.4) is 0 Å². The number of thiophene rings is 1. The zero-order chi connectivity index (χ0) is 5.28. The van der Waals surface area contributed by atoms with Crippen molar-refractivity contribution in [2.75, 3.05) is 0 Å². The van der Waals surface area contributed by atoms with E-state index in [0.717, 1.165) is 4.34 Å². The Bertz CT molecular complexity index is 140. The van der Waals surface area contributed by atoms with Crippen LogP contribution in [0.4, 0.5) is 0 Å². The quantitative estimate of drug-likeness (QED) is 0.508. The van der Waals surface area contributed by atoms with Crippen molar-refractivity contribution in [3.8, 4) is 0 Å². The van der Waals surface area contributed by atoms with Gasteiger partial charge in [-0.05, 0) is 13.0 Å². The molecule has 0 amide bonds. The molecular formula is C5H4ClS. The molecule has 1 heterocycles. The van der Waals surface area contributed by atoms with Crippen LogP contribution >= 0.6 is 22.9 Å². The van der Waals surface area contributed by atoms with Crippen LogP contribution in [0, 0.1) is 13.0 Å². The first-order valence-corrected chi connectivity index (χ1v) is 3.12. The summed E-state index contributed by atoms with van der Waals surface area (Å²) in [6.45, 7) is 2.01. The van der Waals surface area contributed by atoms with Gasteiger partial charge in [-0.3, -0.25) is 0 Å². The van der Waals surface area contributed by atoms with Gasteiger partial charge in [0.05, 0.1) is 0 Å². The van der Waals surface area contributed by atoms with E-state index in [0.29, 0.717) is 0 Å². The molecule has 0 nitrogen and oxygen atoms in total. The number of rotatable bonds is 0. The first-order valence-electron chi connectivity index (χ1n) is 1.92. The van der Waals surface area contributed by atoms with Crippen LogP contribution in [-0.4, -0.2) is 0 Å². The minimum absolute atomic E-state index is 0.748. The summed E-state index contributed by atoms with van der Waals surface area (Å²) in [6, 6.07) is 4.73. The van der Waals surface area contributed by atoms with Crippen molar-refractivity contribution in [2.45, 2.75) is 6.92 Å². The van der Waals surface area contributed by atoms with Crippen LogP contribution in [0.25, 0.3) is 0 Å². The highest BCUT2D eigenvalue weighted by atomic mass is 35.5. The fourth-order valence-corrected chi connectivity index (χ4v) is 1.30. The molecule has 0 unspecified atom stereocenters. The van der Waals surface area contributed by atoms with E-state index in [1.54, 1.807) is 11.3 Å². The molecule has 1 radical (unpaired) electrons. The van der Waals surface area contributed by atoms with Crippen molar-refractivity contribution < 1.29 is 0 Å². The van der Waals surface area contributed by atoms with Gasteiger partial charge in [0.25, 0.3) is 0 Å². The highest BCUT2D eigenvalue weighted by Gasteiger charge is 1.87. The van der Waals surface area contributed by atoms with Crippen LogP contribution in [0.1, 0.15) is 4.88 Å². The molecule has 0 spiro atoms. The molecule has 0 saturated heterocycles. The third-order valence-corrected chi connectivity index (χ3v) is 1.72. The average molecular weight is 132 g/mol. The summed E-state index contributed by atoms with van der Waals surface area (Å²) < 4.78 is 0.748. The smallest absolute Gasteiger partial charge is 0.101 e. The topological polar surface area (TPSA) is 0 Å². The minimum atomic E-state index is 0.748. The number of hydrogen-bond donors (Lipinski definition) is 0. The summed E-state index contributed by atoms with van der Waals surface area (Å²) in [5, 5.41) is 0. The van der Waals surface area contributed by atoms with Crippen LogP contribution in [-0.2, 0) is 0 Å². The van der Waals surface area contributed by atoms with Gasteiger partial charge in [0.1, 0.15) is 4.34 Å². The Morgan fingerprint density at radius 1 is 1.86 bits per heavy atom. The predicted molar refractivity (Wildman–Crippen MR) is 32.9 cm³/mol. The monoisotopic (exact) mass is 131 g/mol. The Morgan fingerprint density at radius 3 is 2.71 bits per heavy atom. The molecule has 1 aromatic rings. The number of aryl methyl sites for hydroxylation is 1. The lowest BCUT2D eigenvalue weighted by Crippen LogP contribution is -1.43. The molecule has 0 aliphatic carbocycles. The van der Waals surface area contributed by atoms with Gasteiger partial charge in [-0.1, -0.05) is 11.6 Å². The maximum Gasteiger partial charge on any atom is 0.101 e. The van der Waals surface area contributed by atoms with Gasteiger partial charge in [0, 0.05) is 10.9 Å². The average Bonchev–Trinajstić information content (AvgIpc) is 1.87. The van der Waals surface area contributed by atoms with Crippen LogP contribution in [0.5, 0.6) is 0 Å². The van der Waals surface area contributed by atoms with E-state index in [-0.39, 0.29) is 0 Å². The summed E-state index contributed by atoms with van der Waals surface area (Å²) in [4.78, 5) is 1.21. The molecule has 0 fully saturated rings. The third kappa shape index (κ3) is 1.18. The molecule has 0 aliphatic heterocycles. The van der Waals surface area contributed by atoms with Crippen LogP contribution < -0.4 is 0 Å². The van der Waals surface area contributed by atoms with Crippen molar-refractivity contribution in [3.63, 3.8) is 0 Å². The van der Waals surface area contributed by atoms with Crippen molar-refractivity contribution in [3.05, 3.63) is 21.3 Å². The van der Waals surface area contributed by atoms with Crippen molar-refractivity contribution >= 4 is 22.9 Å². The number of hydrogen-bond acceptors (Lipinski definition) is 1. The fourth-order valence-electron chi connectivity index (χ4n) is 0.359. The molecule has 7 heavy (non-hydrogen) atoms. The maximum atomic E-state index is 5.52. The molecule has 1 aromatic heterocycles. The second-order valence-corrected chi connectivity index (χ2v) is 3.13. The van der Waals surface area contributed by atoms with Gasteiger partial charge >= 0.3 is 0 Å². The highest BCUT2D eigenvalue weighted by Crippen LogP contribution is 2.18. The lowest BCUT2D eigenvalue weighted by atomic mass is 10.5. The standard InChI is InChI=1S/C5H4ClS/c1-4-2-3-5(6)7-4/h2H,1H3. The van der Waals surface area contributed by atoms with Crippen molar-refractivity contribution in [1.29, 1.82) is 0 Å². The summed E-state index contributed by atoms with van der Waals surface area (Å²) in [6.07, 6.45) is 0. The Labute approximate surface area is 51.7 Å². The van der Waals surface area contributed by atoms with E-state index in [4.69, 9.17) is 11.6 Å². The fraction of sp³-hybridized carbons (Fsp3) is 0.200. The molecule has 1 rings (SSSR count). The van der Waals surface area contributed by atoms with Crippen molar-refractivity contribution in [2.24, 2.45) is 0 Å². The third-order valence-electron chi connectivity index (χ3n) is 0.640. The van der Waals surface area contributed by atoms with Gasteiger partial charge in [-0.25, -0.2) is 0 Å². The Kier molecular flexibility index (Phi) is 1.35. The second-order valence-electron chi connectivity index (χ2n) is 1.28. The van der Waals surface area contributed by atoms with E-state index in [1.807, 2.05) is 13.0 Å². The maximum absolute atomic E-state index is 5.52. The molecule has 0 aromatic carbocycles. The Hall–Kier alpha value is -0.0100. The molecule has 0 atom stereocenters. The van der Waals surface area contributed by atoms with Gasteiger partial charge in [0.2, 0.25) is 0 Å². The lowest BCUT2D eigenvalue weighted by molar-refractivity contribution is 1.64. The lowest BCUT2D eigenvalue weighted by Gasteiger charge is -1.69. The van der Waals surface area contributed by atoms with E-state index in [2.05, 4.69) is 6.07 Å². The summed E-state index contributed by atoms with van der Waals surface area (Å²) in [5.41, 5.74) is 0. The normalized spacial score (nSPS) is 9.43. The molecule has 0 N–H and O–H groups in total. The molecule has 0 saturated carbocycles. The number of halogens is 1. The van der Waals surface area contributed by atoms with E-state index >= 15 is 0 Å². The minimum Gasteiger partial charge on any atom is -0.128 e. The van der Waals surface area contributed by atoms with Gasteiger partial charge in [-0.15, -0.1) is 11.3 Å². The molecule has 0 aliphatic rings. The molecule has 37 valence electrons. The van der Waals surface area contributed by atoms with Gasteiger partial charge < -0.3 is 0 Å². The molecule has 0 bridgehead atoms. The molecule has 2 heteroatoms. The summed E-state index contributed by atoms with van der Waals surface area (Å²) in [7, 11) is 0. The summed E-state index contributed by atoms with van der Waals surface area (Å²) >= 11 is 7.08. The molecular weight excluding hydrogens is 128 g/mol. The van der Waals surface area contributed by atoms with Gasteiger partial charge in [-0.2, -0.15) is 0 Å². The Morgan fingerprint density at radius 2 is 2.57 bits per heavy atom. The zero-order valence-electron chi connectivity index (χ0n) is 3.86. The largest absolute Gasteiger partial charge is 0.128 e. The van der Waals surface area contributed by atoms with Crippen LogP contribution in [0.15, 0.2) is 6.07 Å². The predicted octanol–water partition coefficient (Wildman–Crippen LogP) is 2.51. The summed E-state index contributed by atoms with van der Waals surface area (Å²) in [5.74, 6) is 0. The SMILES string of the molecule is Cc1c[c]c(Cl)s1. The zero-order valence-corrected chi connectivity index (χ0v) is 5.44. The van der Waals surface area contributed by atoms with Crippen LogP contribution in [0.2, 0.25) is 4.34 Å². The second kappa shape index (κ2) is 1.85. The van der Waals surface area contributed by atoms with E-state index in [9.17, 15) is 0 Å². The van der Waals surface area contributed by atoms with E-state index < -0.39 is 0 Å². The highest BCUT2D eigenvalue weighted by molar-refractivity contribution is 7.16. The first-order chi connectivity index (χ1) is 3.29. The Balaban J connectivity index is 3.04. The van der Waals surface area contributed by atoms with Gasteiger partial charge in [0.15, 0.2) is 0 Å².